The third kappa shape index (κ3) is 4.19. The number of carbonyl (C=O) groups excluding carboxylic acids is 1. The summed E-state index contributed by atoms with van der Waals surface area (Å²) in [6.45, 7) is 5.75. The number of hydrogen-bond acceptors (Lipinski definition) is 5. The first-order valence-corrected chi connectivity index (χ1v) is 9.84. The Morgan fingerprint density at radius 2 is 2.27 bits per heavy atom. The molecule has 8 heteroatoms. The molecule has 1 aliphatic rings. The van der Waals surface area contributed by atoms with Crippen molar-refractivity contribution in [2.45, 2.75) is 44.5 Å². The van der Waals surface area contributed by atoms with E-state index in [0.29, 0.717) is 18.2 Å². The molecule has 0 saturated carbocycles. The van der Waals surface area contributed by atoms with Gasteiger partial charge in [0.15, 0.2) is 5.16 Å². The van der Waals surface area contributed by atoms with Gasteiger partial charge in [-0.1, -0.05) is 30.0 Å². The summed E-state index contributed by atoms with van der Waals surface area (Å²) in [7, 11) is 0. The molecular formula is C18H24N4O3S. The first-order chi connectivity index (χ1) is 12.6. The predicted octanol–water partition coefficient (Wildman–Crippen LogP) is 2.20. The van der Waals surface area contributed by atoms with Crippen LogP contribution in [-0.4, -0.2) is 45.7 Å². The minimum atomic E-state index is -0.262. The molecule has 2 heterocycles. The Labute approximate surface area is 156 Å². The number of rotatable bonds is 7. The van der Waals surface area contributed by atoms with E-state index in [4.69, 9.17) is 4.74 Å². The van der Waals surface area contributed by atoms with Crippen molar-refractivity contribution in [3.63, 3.8) is 0 Å². The maximum atomic E-state index is 12.7. The zero-order chi connectivity index (χ0) is 18.5. The van der Waals surface area contributed by atoms with Gasteiger partial charge in [-0.2, -0.15) is 0 Å². The number of thioether (sulfide) groups is 1. The van der Waals surface area contributed by atoms with Crippen LogP contribution in [0.5, 0.6) is 0 Å². The lowest BCUT2D eigenvalue weighted by molar-refractivity contribution is -0.116. The van der Waals surface area contributed by atoms with E-state index >= 15 is 0 Å². The maximum Gasteiger partial charge on any atom is 0.344 e. The molecule has 0 radical (unpaired) electrons. The van der Waals surface area contributed by atoms with Gasteiger partial charge in [0, 0.05) is 18.8 Å². The zero-order valence-electron chi connectivity index (χ0n) is 15.1. The molecule has 140 valence electrons. The van der Waals surface area contributed by atoms with Gasteiger partial charge < -0.3 is 9.64 Å². The van der Waals surface area contributed by atoms with Crippen LogP contribution in [0.25, 0.3) is 0 Å². The molecule has 0 aliphatic carbocycles. The predicted molar refractivity (Wildman–Crippen MR) is 102 cm³/mol. The first kappa shape index (κ1) is 18.7. The number of benzene rings is 1. The number of hydrogen-bond donors (Lipinski definition) is 1. The second-order valence-electron chi connectivity index (χ2n) is 6.27. The number of ether oxygens (including phenoxy) is 1. The van der Waals surface area contributed by atoms with Crippen LogP contribution in [0.1, 0.15) is 25.3 Å². The minimum absolute atomic E-state index is 0.00841. The topological polar surface area (TPSA) is 80.2 Å². The number of aromatic amines is 1. The quantitative estimate of drug-likeness (QED) is 0.750. The van der Waals surface area contributed by atoms with Crippen molar-refractivity contribution in [2.24, 2.45) is 0 Å². The third-order valence-corrected chi connectivity index (χ3v) is 5.44. The molecule has 1 fully saturated rings. The van der Waals surface area contributed by atoms with Crippen LogP contribution in [0.4, 0.5) is 5.69 Å². The highest BCUT2D eigenvalue weighted by molar-refractivity contribution is 7.99. The van der Waals surface area contributed by atoms with Gasteiger partial charge in [0.05, 0.1) is 18.4 Å². The molecule has 1 aliphatic heterocycles. The zero-order valence-corrected chi connectivity index (χ0v) is 15.9. The standard InChI is InChI=1S/C18H24N4O3S/c1-3-21(15-9-5-4-7-13(15)2)16(23)12-26-18-20-19-17(24)22(18)11-14-8-6-10-25-14/h4-5,7,9,14H,3,6,8,10-12H2,1-2H3,(H,19,24). The number of anilines is 1. The number of nitrogens with one attached hydrogen (secondary N) is 1. The lowest BCUT2D eigenvalue weighted by atomic mass is 10.2. The largest absolute Gasteiger partial charge is 0.376 e. The van der Waals surface area contributed by atoms with Crippen molar-refractivity contribution in [3.05, 3.63) is 40.3 Å². The van der Waals surface area contributed by atoms with Gasteiger partial charge in [-0.05, 0) is 38.3 Å². The van der Waals surface area contributed by atoms with Gasteiger partial charge in [-0.25, -0.2) is 9.89 Å². The monoisotopic (exact) mass is 376 g/mol. The van der Waals surface area contributed by atoms with Crippen LogP contribution in [0.15, 0.2) is 34.2 Å². The molecule has 1 aromatic heterocycles. The average molecular weight is 376 g/mol. The molecule has 7 nitrogen and oxygen atoms in total. The van der Waals surface area contributed by atoms with Crippen LogP contribution in [0.2, 0.25) is 0 Å². The van der Waals surface area contributed by atoms with Crippen molar-refractivity contribution >= 4 is 23.4 Å². The van der Waals surface area contributed by atoms with Crippen molar-refractivity contribution in [2.75, 3.05) is 23.8 Å². The highest BCUT2D eigenvalue weighted by Crippen LogP contribution is 2.22. The number of H-pyrrole nitrogens is 1. The Morgan fingerprint density at radius 1 is 1.46 bits per heavy atom. The van der Waals surface area contributed by atoms with E-state index in [1.54, 1.807) is 9.47 Å². The second kappa shape index (κ2) is 8.55. The Bertz CT molecular complexity index is 811. The van der Waals surface area contributed by atoms with Gasteiger partial charge >= 0.3 is 5.69 Å². The van der Waals surface area contributed by atoms with Gasteiger partial charge in [0.2, 0.25) is 5.91 Å². The number of aryl methyl sites for hydroxylation is 1. The van der Waals surface area contributed by atoms with E-state index in [1.165, 1.54) is 11.8 Å². The maximum absolute atomic E-state index is 12.7. The Morgan fingerprint density at radius 3 is 2.96 bits per heavy atom. The molecule has 2 aromatic rings. The highest BCUT2D eigenvalue weighted by atomic mass is 32.2. The Hall–Kier alpha value is -2.06. The fourth-order valence-corrected chi connectivity index (χ4v) is 3.95. The number of amides is 1. The Balaban J connectivity index is 1.67. The summed E-state index contributed by atoms with van der Waals surface area (Å²) in [5.41, 5.74) is 1.71. The van der Waals surface area contributed by atoms with E-state index in [2.05, 4.69) is 10.2 Å². The van der Waals surface area contributed by atoms with E-state index in [1.807, 2.05) is 38.1 Å². The van der Waals surface area contributed by atoms with Gasteiger partial charge in [-0.15, -0.1) is 5.10 Å². The summed E-state index contributed by atoms with van der Waals surface area (Å²) in [6.07, 6.45) is 2.00. The first-order valence-electron chi connectivity index (χ1n) is 8.85. The lowest BCUT2D eigenvalue weighted by Crippen LogP contribution is -2.33. The molecule has 3 rings (SSSR count). The summed E-state index contributed by atoms with van der Waals surface area (Å²) in [6, 6.07) is 7.83. The van der Waals surface area contributed by atoms with Crippen LogP contribution < -0.4 is 10.6 Å². The average Bonchev–Trinajstić information content (AvgIpc) is 3.27. The summed E-state index contributed by atoms with van der Waals surface area (Å²) in [5.74, 6) is 0.212. The summed E-state index contributed by atoms with van der Waals surface area (Å²) >= 11 is 1.28. The summed E-state index contributed by atoms with van der Waals surface area (Å²) in [4.78, 5) is 26.5. The van der Waals surface area contributed by atoms with Crippen molar-refractivity contribution < 1.29 is 9.53 Å². The van der Waals surface area contributed by atoms with Gasteiger partial charge in [0.25, 0.3) is 0 Å². The van der Waals surface area contributed by atoms with Crippen LogP contribution in [0, 0.1) is 6.92 Å². The Kier molecular flexibility index (Phi) is 6.16. The molecule has 1 aromatic carbocycles. The molecule has 0 spiro atoms. The number of carbonyl (C=O) groups is 1. The second-order valence-corrected chi connectivity index (χ2v) is 7.21. The summed E-state index contributed by atoms with van der Waals surface area (Å²) in [5, 5.41) is 7.07. The molecule has 1 amide bonds. The lowest BCUT2D eigenvalue weighted by Gasteiger charge is -2.22. The molecule has 1 unspecified atom stereocenters. The van der Waals surface area contributed by atoms with Crippen LogP contribution in [-0.2, 0) is 16.1 Å². The molecular weight excluding hydrogens is 352 g/mol. The smallest absolute Gasteiger partial charge is 0.344 e. The van der Waals surface area contributed by atoms with Crippen LogP contribution >= 0.6 is 11.8 Å². The highest BCUT2D eigenvalue weighted by Gasteiger charge is 2.21. The SMILES string of the molecule is CCN(C(=O)CSc1n[nH]c(=O)n1CC1CCCO1)c1ccccc1C. The van der Waals surface area contributed by atoms with E-state index in [-0.39, 0.29) is 23.5 Å². The van der Waals surface area contributed by atoms with Gasteiger partial charge in [-0.3, -0.25) is 9.36 Å². The normalized spacial score (nSPS) is 16.8. The number of aromatic nitrogens is 3. The number of nitrogens with zero attached hydrogens (tertiary/aromatic N) is 3. The van der Waals surface area contributed by atoms with E-state index in [9.17, 15) is 9.59 Å². The molecule has 0 bridgehead atoms. The summed E-state index contributed by atoms with van der Waals surface area (Å²) < 4.78 is 7.17. The van der Waals surface area contributed by atoms with Crippen LogP contribution in [0.3, 0.4) is 0 Å². The van der Waals surface area contributed by atoms with Gasteiger partial charge in [0.1, 0.15) is 0 Å². The fourth-order valence-electron chi connectivity index (χ4n) is 3.12. The third-order valence-electron chi connectivity index (χ3n) is 4.48. The van der Waals surface area contributed by atoms with E-state index in [0.717, 1.165) is 30.7 Å². The number of para-hydroxylation sites is 1. The van der Waals surface area contributed by atoms with Crippen molar-refractivity contribution in [1.82, 2.24) is 14.8 Å². The van der Waals surface area contributed by atoms with Crippen molar-refractivity contribution in [1.29, 1.82) is 0 Å². The molecule has 1 atom stereocenters. The fraction of sp³-hybridized carbons (Fsp3) is 0.500. The van der Waals surface area contributed by atoms with Crippen molar-refractivity contribution in [3.8, 4) is 0 Å². The molecule has 1 N–H and O–H groups in total. The molecule has 1 saturated heterocycles. The van der Waals surface area contributed by atoms with E-state index < -0.39 is 0 Å². The molecule has 26 heavy (non-hydrogen) atoms. The minimum Gasteiger partial charge on any atom is -0.376 e.